The Labute approximate surface area is 181 Å². The Kier molecular flexibility index (Phi) is 5.89. The monoisotopic (exact) mass is 437 g/mol. The Balaban J connectivity index is 1.44. The van der Waals surface area contributed by atoms with Crippen molar-refractivity contribution in [3.8, 4) is 5.75 Å². The molecule has 1 heterocycles. The molecule has 1 aliphatic heterocycles. The van der Waals surface area contributed by atoms with Crippen LogP contribution in [0.4, 0.5) is 0 Å². The molecule has 3 aromatic rings. The standard InChI is InChI=1S/C24H23NO5S/c1-17(26)20-8-4-9-21(16-20)31(28,29)25-14-12-19(13-15-25)24(27)30-23-11-5-7-18-6-2-3-10-22(18)23/h2-11,16,19H,12-15H2,1H3. The molecule has 0 amide bonds. The SMILES string of the molecule is CC(=O)c1cccc(S(=O)(=O)N2CCC(C(=O)Oc3cccc4ccccc34)CC2)c1. The zero-order chi connectivity index (χ0) is 22.0. The summed E-state index contributed by atoms with van der Waals surface area (Å²) in [6, 6.07) is 19.3. The van der Waals surface area contributed by atoms with Crippen LogP contribution in [-0.2, 0) is 14.8 Å². The van der Waals surface area contributed by atoms with Gasteiger partial charge < -0.3 is 4.74 Å². The number of hydrogen-bond acceptors (Lipinski definition) is 5. The number of sulfonamides is 1. The fourth-order valence-electron chi connectivity index (χ4n) is 3.83. The highest BCUT2D eigenvalue weighted by molar-refractivity contribution is 7.89. The van der Waals surface area contributed by atoms with Crippen LogP contribution < -0.4 is 4.74 Å². The molecule has 31 heavy (non-hydrogen) atoms. The molecule has 6 nitrogen and oxygen atoms in total. The first-order chi connectivity index (χ1) is 14.9. The molecular formula is C24H23NO5S. The predicted molar refractivity (Wildman–Crippen MR) is 118 cm³/mol. The number of carbonyl (C=O) groups excluding carboxylic acids is 2. The zero-order valence-electron chi connectivity index (χ0n) is 17.2. The quantitative estimate of drug-likeness (QED) is 0.342. The number of esters is 1. The Bertz CT molecular complexity index is 1240. The molecule has 3 aromatic carbocycles. The summed E-state index contributed by atoms with van der Waals surface area (Å²) in [5, 5.41) is 1.85. The van der Waals surface area contributed by atoms with E-state index in [2.05, 4.69) is 0 Å². The Hall–Kier alpha value is -3.03. The average molecular weight is 438 g/mol. The zero-order valence-corrected chi connectivity index (χ0v) is 18.0. The topological polar surface area (TPSA) is 80.8 Å². The van der Waals surface area contributed by atoms with Gasteiger partial charge in [-0.25, -0.2) is 8.42 Å². The van der Waals surface area contributed by atoms with Gasteiger partial charge in [0.2, 0.25) is 10.0 Å². The first-order valence-corrected chi connectivity index (χ1v) is 11.6. The number of Topliss-reactive ketones (excluding diaryl/α,β-unsaturated/α-hetero) is 1. The number of fused-ring (bicyclic) bond motifs is 1. The van der Waals surface area contributed by atoms with E-state index in [-0.39, 0.29) is 35.7 Å². The van der Waals surface area contributed by atoms with Crippen molar-refractivity contribution in [1.29, 1.82) is 0 Å². The van der Waals surface area contributed by atoms with E-state index >= 15 is 0 Å². The van der Waals surface area contributed by atoms with Crippen molar-refractivity contribution in [3.05, 3.63) is 72.3 Å². The number of benzene rings is 3. The van der Waals surface area contributed by atoms with E-state index in [0.29, 0.717) is 24.2 Å². The Morgan fingerprint density at radius 1 is 0.935 bits per heavy atom. The first kappa shape index (κ1) is 21.2. The molecule has 1 aliphatic rings. The minimum atomic E-state index is -3.73. The van der Waals surface area contributed by atoms with Gasteiger partial charge in [0, 0.05) is 24.0 Å². The summed E-state index contributed by atoms with van der Waals surface area (Å²) >= 11 is 0. The maximum Gasteiger partial charge on any atom is 0.314 e. The van der Waals surface area contributed by atoms with Crippen LogP contribution in [0.2, 0.25) is 0 Å². The van der Waals surface area contributed by atoms with Gasteiger partial charge in [-0.2, -0.15) is 4.31 Å². The maximum atomic E-state index is 13.0. The number of piperidine rings is 1. The fraction of sp³-hybridized carbons (Fsp3) is 0.250. The smallest absolute Gasteiger partial charge is 0.314 e. The van der Waals surface area contributed by atoms with Crippen molar-refractivity contribution < 1.29 is 22.7 Å². The second kappa shape index (κ2) is 8.61. The molecule has 0 N–H and O–H groups in total. The minimum absolute atomic E-state index is 0.0944. The van der Waals surface area contributed by atoms with Crippen LogP contribution in [0, 0.1) is 5.92 Å². The highest BCUT2D eigenvalue weighted by Gasteiger charge is 2.33. The van der Waals surface area contributed by atoms with Crippen LogP contribution in [0.1, 0.15) is 30.1 Å². The lowest BCUT2D eigenvalue weighted by molar-refractivity contribution is -0.140. The minimum Gasteiger partial charge on any atom is -0.426 e. The van der Waals surface area contributed by atoms with E-state index in [1.54, 1.807) is 18.2 Å². The van der Waals surface area contributed by atoms with Crippen molar-refractivity contribution in [2.75, 3.05) is 13.1 Å². The molecule has 0 saturated carbocycles. The summed E-state index contributed by atoms with van der Waals surface area (Å²) in [6.07, 6.45) is 0.768. The van der Waals surface area contributed by atoms with Gasteiger partial charge in [0.15, 0.2) is 5.78 Å². The number of nitrogens with zero attached hydrogens (tertiary/aromatic N) is 1. The molecule has 160 valence electrons. The van der Waals surface area contributed by atoms with Gasteiger partial charge in [-0.15, -0.1) is 0 Å². The summed E-state index contributed by atoms with van der Waals surface area (Å²) in [5.74, 6) is -0.382. The molecule has 7 heteroatoms. The number of rotatable bonds is 5. The second-order valence-electron chi connectivity index (χ2n) is 7.66. The van der Waals surface area contributed by atoms with Crippen molar-refractivity contribution in [3.63, 3.8) is 0 Å². The van der Waals surface area contributed by atoms with E-state index in [4.69, 9.17) is 4.74 Å². The molecule has 0 unspecified atom stereocenters. The average Bonchev–Trinajstić information content (AvgIpc) is 2.79. The lowest BCUT2D eigenvalue weighted by Crippen LogP contribution is -2.41. The van der Waals surface area contributed by atoms with Crippen LogP contribution >= 0.6 is 0 Å². The number of hydrogen-bond donors (Lipinski definition) is 0. The van der Waals surface area contributed by atoms with Gasteiger partial charge in [0.05, 0.1) is 10.8 Å². The third kappa shape index (κ3) is 4.38. The van der Waals surface area contributed by atoms with Gasteiger partial charge >= 0.3 is 5.97 Å². The van der Waals surface area contributed by atoms with Crippen LogP contribution in [0.15, 0.2) is 71.6 Å². The molecule has 1 fully saturated rings. The van der Waals surface area contributed by atoms with Gasteiger partial charge in [-0.1, -0.05) is 48.5 Å². The number of ketones is 1. The number of ether oxygens (including phenoxy) is 1. The van der Waals surface area contributed by atoms with Crippen molar-refractivity contribution in [2.45, 2.75) is 24.7 Å². The summed E-state index contributed by atoms with van der Waals surface area (Å²) in [4.78, 5) is 24.4. The third-order valence-corrected chi connectivity index (χ3v) is 7.52. The van der Waals surface area contributed by atoms with E-state index in [0.717, 1.165) is 10.8 Å². The van der Waals surface area contributed by atoms with Crippen molar-refractivity contribution >= 4 is 32.5 Å². The molecule has 0 bridgehead atoms. The van der Waals surface area contributed by atoms with E-state index in [9.17, 15) is 18.0 Å². The van der Waals surface area contributed by atoms with Crippen LogP contribution in [0.25, 0.3) is 10.8 Å². The van der Waals surface area contributed by atoms with Gasteiger partial charge in [0.25, 0.3) is 0 Å². The van der Waals surface area contributed by atoms with Crippen molar-refractivity contribution in [2.24, 2.45) is 5.92 Å². The van der Waals surface area contributed by atoms with Gasteiger partial charge in [0.1, 0.15) is 5.75 Å². The normalized spacial score (nSPS) is 15.6. The molecule has 0 spiro atoms. The van der Waals surface area contributed by atoms with E-state index < -0.39 is 10.0 Å². The molecule has 4 rings (SSSR count). The Morgan fingerprint density at radius 3 is 2.35 bits per heavy atom. The van der Waals surface area contributed by atoms with Gasteiger partial charge in [-0.3, -0.25) is 9.59 Å². The lowest BCUT2D eigenvalue weighted by atomic mass is 9.98. The maximum absolute atomic E-state index is 13.0. The van der Waals surface area contributed by atoms with Crippen LogP contribution in [0.3, 0.4) is 0 Å². The largest absolute Gasteiger partial charge is 0.426 e. The van der Waals surface area contributed by atoms with E-state index in [1.165, 1.54) is 23.4 Å². The van der Waals surface area contributed by atoms with Crippen LogP contribution in [-0.4, -0.2) is 37.6 Å². The number of carbonyl (C=O) groups is 2. The predicted octanol–water partition coefficient (Wildman–Crippen LogP) is 4.05. The lowest BCUT2D eigenvalue weighted by Gasteiger charge is -2.30. The first-order valence-electron chi connectivity index (χ1n) is 10.2. The second-order valence-corrected chi connectivity index (χ2v) is 9.60. The Morgan fingerprint density at radius 2 is 1.61 bits per heavy atom. The highest BCUT2D eigenvalue weighted by Crippen LogP contribution is 2.29. The van der Waals surface area contributed by atoms with Crippen molar-refractivity contribution in [1.82, 2.24) is 4.31 Å². The summed E-state index contributed by atoms with van der Waals surface area (Å²) < 4.78 is 33.0. The molecule has 1 saturated heterocycles. The van der Waals surface area contributed by atoms with Gasteiger partial charge in [-0.05, 0) is 43.4 Å². The molecule has 0 aliphatic carbocycles. The molecule has 0 aromatic heterocycles. The molecular weight excluding hydrogens is 414 g/mol. The van der Waals surface area contributed by atoms with E-state index in [1.807, 2.05) is 36.4 Å². The summed E-state index contributed by atoms with van der Waals surface area (Å²) in [6.45, 7) is 1.85. The molecule has 0 radical (unpaired) electrons. The van der Waals surface area contributed by atoms with Crippen LogP contribution in [0.5, 0.6) is 5.75 Å². The highest BCUT2D eigenvalue weighted by atomic mass is 32.2. The fourth-order valence-corrected chi connectivity index (χ4v) is 5.35. The third-order valence-electron chi connectivity index (χ3n) is 5.63. The molecule has 0 atom stereocenters. The summed E-state index contributed by atoms with van der Waals surface area (Å²) in [5.41, 5.74) is 0.356. The summed E-state index contributed by atoms with van der Waals surface area (Å²) in [7, 11) is -3.73.